The standard InChI is InChI=1S/C36H22BN3.C35H21BN4.C35H20BN3S.C24H15BN2/c1-6-16-30-24(11-1)25-12-4-9-19-33(25)39-35-22-23(21-29-28-15-5-10-20-34(28)40(36(29)35)37(30)39)38-31-17-7-2-13-26(31)27-14-3-8-18-32(27)38;1-5-15-27-26(13-1)34-31(39-32-19-9-14-25-24-12-4-8-18-30(24)40(35(25)32)36(27)39)20-21-33(37-34)38-28-16-6-2-10-22(28)23-11-3-7-17-29(23)38;1-4-15-27-25(11-1)33-30(38-31-17-8-12-23-21-9-2-5-16-29(21)39(34(23)31)36(27)38)20-19-28(37-33)26-14-7-13-24-22-10-3-6-18-32(22)40-35(24)26;1-4-12-20-16(8-1)17-9-2-5-13-21(17)26-23-15-7-11-19-18-10-3-6-14-22(18)27(24(19)23)25(20)26/h1-22H;1-21H;1-20H;1-15H. The second-order valence-electron chi connectivity index (χ2n) is 39.9. The lowest BCUT2D eigenvalue weighted by Gasteiger charge is -2.34. The average molecular weight is 1880 g/mol. The average Bonchev–Trinajstić information content (AvgIpc) is 1.54. The highest BCUT2D eigenvalue weighted by Crippen LogP contribution is 2.57. The van der Waals surface area contributed by atoms with E-state index in [0.717, 1.165) is 34.3 Å². The van der Waals surface area contributed by atoms with Crippen molar-refractivity contribution >= 4 is 258 Å². The van der Waals surface area contributed by atoms with Crippen molar-refractivity contribution in [1.29, 1.82) is 0 Å². The molecule has 0 unspecified atom stereocenters. The number of para-hydroxylation sites is 13. The van der Waals surface area contributed by atoms with E-state index >= 15 is 0 Å². The van der Waals surface area contributed by atoms with Gasteiger partial charge in [0.1, 0.15) is 5.82 Å². The molecule has 37 rings (SSSR count). The molecule has 676 valence electrons. The highest BCUT2D eigenvalue weighted by molar-refractivity contribution is 7.26. The van der Waals surface area contributed by atoms with Crippen molar-refractivity contribution in [2.24, 2.45) is 0 Å². The highest BCUT2D eigenvalue weighted by atomic mass is 32.1. The second-order valence-corrected chi connectivity index (χ2v) is 41.0. The van der Waals surface area contributed by atoms with Gasteiger partial charge in [0.05, 0.1) is 95.3 Å². The van der Waals surface area contributed by atoms with Gasteiger partial charge in [0, 0.05) is 152 Å². The van der Waals surface area contributed by atoms with Crippen LogP contribution in [-0.2, 0) is 0 Å². The van der Waals surface area contributed by atoms with Crippen LogP contribution < -0.4 is 41.1 Å². The van der Waals surface area contributed by atoms with Crippen molar-refractivity contribution in [3.63, 3.8) is 0 Å². The number of hydrogen-bond acceptors (Lipinski definition) is 7. The molecule has 0 saturated heterocycles. The molecule has 0 saturated carbocycles. The quantitative estimate of drug-likeness (QED) is 0.164. The van der Waals surface area contributed by atoms with Crippen molar-refractivity contribution in [2.75, 3.05) is 19.2 Å². The van der Waals surface area contributed by atoms with Crippen molar-refractivity contribution in [3.8, 4) is 67.5 Å². The monoisotopic (exact) mass is 1880 g/mol. The van der Waals surface area contributed by atoms with E-state index in [4.69, 9.17) is 9.97 Å². The molecule has 0 radical (unpaired) electrons. The first-order chi connectivity index (χ1) is 73.1. The molecule has 29 aromatic rings. The summed E-state index contributed by atoms with van der Waals surface area (Å²) >= 11 is 1.86. The molecule has 0 fully saturated rings. The Morgan fingerprint density at radius 3 is 0.939 bits per heavy atom. The van der Waals surface area contributed by atoms with E-state index in [1.54, 1.807) is 0 Å². The van der Waals surface area contributed by atoms with Crippen LogP contribution in [0.5, 0.6) is 0 Å². The third-order valence-corrected chi connectivity index (χ3v) is 34.1. The minimum absolute atomic E-state index is 0.0457. The molecule has 0 N–H and O–H groups in total. The van der Waals surface area contributed by atoms with Crippen LogP contribution in [0.3, 0.4) is 0 Å². The predicted molar refractivity (Wildman–Crippen MR) is 620 cm³/mol. The van der Waals surface area contributed by atoms with Gasteiger partial charge in [0.2, 0.25) is 0 Å². The summed E-state index contributed by atoms with van der Waals surface area (Å²) in [7, 11) is 0. The van der Waals surface area contributed by atoms with Crippen LogP contribution in [-0.4, -0.2) is 64.9 Å². The first kappa shape index (κ1) is 79.8. The van der Waals surface area contributed by atoms with Crippen LogP contribution in [0.2, 0.25) is 0 Å². The summed E-state index contributed by atoms with van der Waals surface area (Å²) in [5.74, 6) is 0.937. The fourth-order valence-electron chi connectivity index (χ4n) is 27.2. The third kappa shape index (κ3) is 10.7. The lowest BCUT2D eigenvalue weighted by Crippen LogP contribution is -2.51. The number of rotatable bonds is 3. The van der Waals surface area contributed by atoms with Gasteiger partial charge in [0.25, 0.3) is 0 Å². The Morgan fingerprint density at radius 2 is 0.483 bits per heavy atom. The van der Waals surface area contributed by atoms with Crippen LogP contribution in [0.15, 0.2) is 473 Å². The molecule has 20 aromatic carbocycles. The molecular weight excluding hydrogens is 1800 g/mol. The SMILES string of the molecule is c1ccc2c(c1)B1N(c3ccc(-c4cccc5c4sc4ccccc45)nc3-2)c2cccc3c4ccccc4n1c23.c1ccc2c(c1)B1N(c3ccc(-n4c5ccccc5c5ccccc54)nc3-2)c2cccc3c4ccccc4n1c23.c1ccc2c(c1)B1N(c3ccccc3-2)c2cc(-n3c4ccccc4c4ccccc43)cc3c4ccccc4n1c23.c1ccc2c(c1)B1N(c3ccccc3-2)c2cccc3c4ccccc4n1c23. The lowest BCUT2D eigenvalue weighted by molar-refractivity contribution is 1.08. The van der Waals surface area contributed by atoms with Crippen molar-refractivity contribution in [3.05, 3.63) is 473 Å². The van der Waals surface area contributed by atoms with Crippen LogP contribution >= 0.6 is 11.3 Å². The van der Waals surface area contributed by atoms with E-state index in [0.29, 0.717) is 0 Å². The zero-order valence-corrected chi connectivity index (χ0v) is 79.9. The van der Waals surface area contributed by atoms with Crippen LogP contribution in [0, 0.1) is 0 Å². The minimum atomic E-state index is 0.0457. The van der Waals surface area contributed by atoms with Gasteiger partial charge < -0.3 is 41.7 Å². The topological polar surface area (TPSA) is 68.3 Å². The van der Waals surface area contributed by atoms with Crippen LogP contribution in [0.25, 0.3) is 219 Å². The van der Waals surface area contributed by atoms with Crippen LogP contribution in [0.4, 0.5) is 45.5 Å². The molecule has 8 aliphatic heterocycles. The maximum absolute atomic E-state index is 5.44. The maximum atomic E-state index is 5.44. The number of anilines is 8. The minimum Gasteiger partial charge on any atom is -0.359 e. The summed E-state index contributed by atoms with van der Waals surface area (Å²) in [6.07, 6.45) is 0. The van der Waals surface area contributed by atoms with E-state index in [-0.39, 0.29) is 27.9 Å². The Morgan fingerprint density at radius 1 is 0.184 bits per heavy atom. The van der Waals surface area contributed by atoms with E-state index in [1.807, 2.05) is 11.3 Å². The zero-order valence-electron chi connectivity index (χ0n) is 79.1. The van der Waals surface area contributed by atoms with E-state index in [1.165, 1.54) is 252 Å². The lowest BCUT2D eigenvalue weighted by atomic mass is 9.60. The molecule has 0 atom stereocenters. The Kier molecular flexibility index (Phi) is 16.2. The maximum Gasteiger partial charge on any atom is 0.421 e. The van der Waals surface area contributed by atoms with Gasteiger partial charge in [-0.3, -0.25) is 4.57 Å². The molecule has 8 aliphatic rings. The van der Waals surface area contributed by atoms with Crippen LogP contribution in [0.1, 0.15) is 0 Å². The van der Waals surface area contributed by atoms with Gasteiger partial charge in [-0.2, -0.15) is 0 Å². The normalized spacial score (nSPS) is 13.5. The number of aromatic nitrogens is 8. The fourth-order valence-corrected chi connectivity index (χ4v) is 28.4. The number of fused-ring (bicyclic) bond motifs is 53. The summed E-state index contributed by atoms with van der Waals surface area (Å²) in [5.41, 5.74) is 43.5. The summed E-state index contributed by atoms with van der Waals surface area (Å²) < 4.78 is 17.5. The van der Waals surface area contributed by atoms with Crippen molar-refractivity contribution < 1.29 is 0 Å². The van der Waals surface area contributed by atoms with Gasteiger partial charge >= 0.3 is 27.9 Å². The number of nitrogens with zero attached hydrogens (tertiary/aromatic N) is 12. The predicted octanol–water partition coefficient (Wildman–Crippen LogP) is 29.7. The number of benzene rings is 20. The summed E-state index contributed by atoms with van der Waals surface area (Å²) in [6, 6.07) is 172. The fraction of sp³-hybridized carbons (Fsp3) is 0. The first-order valence-electron chi connectivity index (χ1n) is 50.8. The second kappa shape index (κ2) is 29.9. The van der Waals surface area contributed by atoms with E-state index < -0.39 is 0 Å². The molecule has 17 heteroatoms. The summed E-state index contributed by atoms with van der Waals surface area (Å²) in [6.45, 7) is 0.333. The van der Waals surface area contributed by atoms with Gasteiger partial charge in [0.15, 0.2) is 0 Å². The molecule has 0 spiro atoms. The van der Waals surface area contributed by atoms with Gasteiger partial charge in [-0.05, 0) is 154 Å². The Bertz CT molecular complexity index is 10800. The third-order valence-electron chi connectivity index (χ3n) is 32.8. The molecule has 0 aliphatic carbocycles. The molecule has 12 nitrogen and oxygen atoms in total. The van der Waals surface area contributed by atoms with Crippen molar-refractivity contribution in [1.82, 2.24) is 37.0 Å². The molecule has 147 heavy (non-hydrogen) atoms. The Labute approximate surface area is 848 Å². The van der Waals surface area contributed by atoms with E-state index in [2.05, 4.69) is 519 Å². The number of thiophene rings is 1. The number of hydrogen-bond donors (Lipinski definition) is 0. The Hall–Kier alpha value is -18.8. The van der Waals surface area contributed by atoms with Crippen molar-refractivity contribution in [2.45, 2.75) is 0 Å². The van der Waals surface area contributed by atoms with Gasteiger partial charge in [-0.1, -0.05) is 352 Å². The smallest absolute Gasteiger partial charge is 0.359 e. The molecule has 0 bridgehead atoms. The molecule has 9 aromatic heterocycles. The molecule has 17 heterocycles. The summed E-state index contributed by atoms with van der Waals surface area (Å²) in [4.78, 5) is 21.0. The number of pyridine rings is 2. The highest BCUT2D eigenvalue weighted by Gasteiger charge is 2.51. The van der Waals surface area contributed by atoms with Gasteiger partial charge in [-0.25, -0.2) is 9.97 Å². The zero-order chi connectivity index (χ0) is 95.4. The molecule has 0 amide bonds. The van der Waals surface area contributed by atoms with E-state index in [9.17, 15) is 0 Å². The summed E-state index contributed by atoms with van der Waals surface area (Å²) in [5, 5.41) is 18.2. The largest absolute Gasteiger partial charge is 0.421 e. The molecular formula is C130H78B4N12S. The first-order valence-corrected chi connectivity index (χ1v) is 51.6. The van der Waals surface area contributed by atoms with Gasteiger partial charge in [-0.15, -0.1) is 11.3 Å². The Balaban J connectivity index is 0.0000000848.